The molecule has 3 aromatic rings. The van der Waals surface area contributed by atoms with Crippen LogP contribution in [0.5, 0.6) is 0 Å². The van der Waals surface area contributed by atoms with Crippen molar-refractivity contribution in [2.75, 3.05) is 55.3 Å². The van der Waals surface area contributed by atoms with Gasteiger partial charge in [-0.3, -0.25) is 9.80 Å². The minimum Gasteiger partial charge on any atom is -0.379 e. The number of thiazole rings is 1. The topological polar surface area (TPSA) is 83.7 Å². The molecule has 10 heteroatoms. The third-order valence-electron chi connectivity index (χ3n) is 4.86. The van der Waals surface area contributed by atoms with E-state index in [2.05, 4.69) is 31.1 Å². The minimum absolute atomic E-state index is 0.293. The largest absolute Gasteiger partial charge is 0.379 e. The number of nitrogen functional groups attached to an aromatic ring is 1. The van der Waals surface area contributed by atoms with Crippen molar-refractivity contribution < 1.29 is 13.9 Å². The molecular weight excluding hydrogens is 473 g/mol. The second-order valence-corrected chi connectivity index (χ2v) is 8.79. The van der Waals surface area contributed by atoms with E-state index in [0.29, 0.717) is 41.6 Å². The fraction of sp³-hybridized carbons (Fsp3) is 0.300. The smallest absolute Gasteiger partial charge is 0.326 e. The molecule has 0 bridgehead atoms. The minimum atomic E-state index is -0.384. The number of aromatic nitrogens is 1. The summed E-state index contributed by atoms with van der Waals surface area (Å²) in [5, 5.41) is 3.35. The van der Waals surface area contributed by atoms with Crippen molar-refractivity contribution in [3.8, 4) is 0 Å². The summed E-state index contributed by atoms with van der Waals surface area (Å²) in [6.07, 6.45) is 0. The van der Waals surface area contributed by atoms with Crippen LogP contribution in [0.4, 0.5) is 25.7 Å². The number of anilines is 3. The van der Waals surface area contributed by atoms with E-state index >= 15 is 0 Å². The lowest BCUT2D eigenvalue weighted by Crippen LogP contribution is -2.44. The number of fused-ring (bicyclic) bond motifs is 1. The van der Waals surface area contributed by atoms with Crippen LogP contribution in [0.3, 0.4) is 0 Å². The van der Waals surface area contributed by atoms with Gasteiger partial charge in [-0.05, 0) is 52.3 Å². The number of hydrogen-bond donors (Lipinski definition) is 2. The van der Waals surface area contributed by atoms with Crippen LogP contribution in [0, 0.1) is 5.82 Å². The number of hydrogen-bond acceptors (Lipinski definition) is 6. The highest BCUT2D eigenvalue weighted by Crippen LogP contribution is 2.29. The first-order chi connectivity index (χ1) is 14.5. The summed E-state index contributed by atoms with van der Waals surface area (Å²) in [5.74, 6) is -0.384. The van der Waals surface area contributed by atoms with Crippen molar-refractivity contribution in [3.05, 3.63) is 46.7 Å². The Morgan fingerprint density at radius 3 is 2.87 bits per heavy atom. The molecular formula is C20H21BrFN5O2S. The third-order valence-corrected chi connectivity index (χ3v) is 6.31. The number of ether oxygens (including phenoxy) is 1. The molecule has 2 heterocycles. The zero-order chi connectivity index (χ0) is 21.1. The van der Waals surface area contributed by atoms with Crippen LogP contribution < -0.4 is 16.0 Å². The molecule has 1 saturated heterocycles. The van der Waals surface area contributed by atoms with Crippen LogP contribution in [0.2, 0.25) is 0 Å². The van der Waals surface area contributed by atoms with Gasteiger partial charge in [0, 0.05) is 37.6 Å². The molecule has 0 saturated carbocycles. The van der Waals surface area contributed by atoms with Gasteiger partial charge in [0.1, 0.15) is 5.82 Å². The first-order valence-electron chi connectivity index (χ1n) is 9.49. The molecule has 1 aliphatic rings. The molecule has 0 spiro atoms. The normalized spacial score (nSPS) is 14.7. The standard InChI is InChI=1S/C20H21BrFN5O2S/c21-15-11-13(1-3-16(15)22)24-20(28)27(6-5-26-7-9-29-10-8-26)14-2-4-17-18(12-14)30-19(23)25-17/h1-4,11-12H,5-10H2,(H2,23,25)(H,24,28). The second-order valence-electron chi connectivity index (χ2n) is 6.87. The van der Waals surface area contributed by atoms with Crippen LogP contribution >= 0.6 is 27.3 Å². The first-order valence-corrected chi connectivity index (χ1v) is 11.1. The van der Waals surface area contributed by atoms with Crippen LogP contribution in [-0.2, 0) is 4.74 Å². The van der Waals surface area contributed by atoms with Crippen molar-refractivity contribution in [1.29, 1.82) is 0 Å². The fourth-order valence-corrected chi connectivity index (χ4v) is 4.42. The lowest BCUT2D eigenvalue weighted by atomic mass is 10.2. The quantitative estimate of drug-likeness (QED) is 0.557. The number of nitrogens with one attached hydrogen (secondary N) is 1. The number of morpholine rings is 1. The lowest BCUT2D eigenvalue weighted by Gasteiger charge is -2.30. The van der Waals surface area contributed by atoms with Crippen LogP contribution in [0.25, 0.3) is 10.2 Å². The Balaban J connectivity index is 1.57. The highest BCUT2D eigenvalue weighted by atomic mass is 79.9. The van der Waals surface area contributed by atoms with E-state index in [9.17, 15) is 9.18 Å². The Bertz CT molecular complexity index is 1060. The van der Waals surface area contributed by atoms with Gasteiger partial charge in [0.05, 0.1) is 27.9 Å². The van der Waals surface area contributed by atoms with Gasteiger partial charge in [-0.15, -0.1) is 0 Å². The van der Waals surface area contributed by atoms with Crippen molar-refractivity contribution in [2.24, 2.45) is 0 Å². The number of benzene rings is 2. The highest BCUT2D eigenvalue weighted by molar-refractivity contribution is 9.10. The summed E-state index contributed by atoms with van der Waals surface area (Å²) in [6.45, 7) is 4.28. The molecule has 3 N–H and O–H groups in total. The highest BCUT2D eigenvalue weighted by Gasteiger charge is 2.20. The number of halogens is 2. The van der Waals surface area contributed by atoms with Gasteiger partial charge in [0.25, 0.3) is 0 Å². The average molecular weight is 494 g/mol. The number of rotatable bonds is 5. The van der Waals surface area contributed by atoms with Crippen LogP contribution in [-0.4, -0.2) is 55.3 Å². The molecule has 1 fully saturated rings. The van der Waals surface area contributed by atoms with Gasteiger partial charge in [0.2, 0.25) is 0 Å². The first kappa shape index (κ1) is 21.0. The molecule has 4 rings (SSSR count). The lowest BCUT2D eigenvalue weighted by molar-refractivity contribution is 0.0393. The summed E-state index contributed by atoms with van der Waals surface area (Å²) in [6, 6.07) is 9.74. The monoisotopic (exact) mass is 493 g/mol. The Morgan fingerprint density at radius 2 is 2.10 bits per heavy atom. The zero-order valence-corrected chi connectivity index (χ0v) is 18.5. The summed E-state index contributed by atoms with van der Waals surface area (Å²) in [7, 11) is 0. The van der Waals surface area contributed by atoms with E-state index in [1.54, 1.807) is 11.0 Å². The summed E-state index contributed by atoms with van der Waals surface area (Å²) >= 11 is 4.54. The maximum absolute atomic E-state index is 13.5. The molecule has 0 aliphatic carbocycles. The summed E-state index contributed by atoms with van der Waals surface area (Å²) in [4.78, 5) is 21.4. The van der Waals surface area contributed by atoms with E-state index in [4.69, 9.17) is 10.5 Å². The van der Waals surface area contributed by atoms with Crippen molar-refractivity contribution >= 4 is 60.0 Å². The molecule has 0 unspecified atom stereocenters. The number of carbonyl (C=O) groups is 1. The van der Waals surface area contributed by atoms with Crippen LogP contribution in [0.15, 0.2) is 40.9 Å². The molecule has 7 nitrogen and oxygen atoms in total. The average Bonchev–Trinajstić information content (AvgIpc) is 3.11. The Kier molecular flexibility index (Phi) is 6.47. The van der Waals surface area contributed by atoms with E-state index in [-0.39, 0.29) is 11.8 Å². The zero-order valence-electron chi connectivity index (χ0n) is 16.1. The SMILES string of the molecule is Nc1nc2ccc(N(CCN3CCOCC3)C(=O)Nc3ccc(F)c(Br)c3)cc2s1. The number of nitrogens with zero attached hydrogens (tertiary/aromatic N) is 3. The Hall–Kier alpha value is -2.27. The maximum Gasteiger partial charge on any atom is 0.326 e. The van der Waals surface area contributed by atoms with Crippen molar-refractivity contribution in [1.82, 2.24) is 9.88 Å². The fourth-order valence-electron chi connectivity index (χ4n) is 3.28. The molecule has 1 aromatic heterocycles. The maximum atomic E-state index is 13.5. The van der Waals surface area contributed by atoms with Gasteiger partial charge >= 0.3 is 6.03 Å². The summed E-state index contributed by atoms with van der Waals surface area (Å²) in [5.41, 5.74) is 7.88. The van der Waals surface area contributed by atoms with Gasteiger partial charge in [0.15, 0.2) is 5.13 Å². The number of nitrogens with two attached hydrogens (primary N) is 1. The molecule has 2 amide bonds. The predicted octanol–water partition coefficient (Wildman–Crippen LogP) is 4.15. The van der Waals surface area contributed by atoms with Crippen LogP contribution in [0.1, 0.15) is 0 Å². The molecule has 0 radical (unpaired) electrons. The van der Waals surface area contributed by atoms with E-state index in [0.717, 1.165) is 29.0 Å². The number of amides is 2. The molecule has 1 aliphatic heterocycles. The van der Waals surface area contributed by atoms with Gasteiger partial charge in [-0.2, -0.15) is 0 Å². The predicted molar refractivity (Wildman–Crippen MR) is 122 cm³/mol. The van der Waals surface area contributed by atoms with Gasteiger partial charge < -0.3 is 15.8 Å². The number of urea groups is 1. The van der Waals surface area contributed by atoms with E-state index < -0.39 is 0 Å². The number of carbonyl (C=O) groups excluding carboxylic acids is 1. The molecule has 158 valence electrons. The molecule has 0 atom stereocenters. The van der Waals surface area contributed by atoms with Gasteiger partial charge in [-0.25, -0.2) is 14.2 Å². The van der Waals surface area contributed by atoms with Gasteiger partial charge in [-0.1, -0.05) is 11.3 Å². The Labute approximate surface area is 185 Å². The third kappa shape index (κ3) is 4.89. The molecule has 30 heavy (non-hydrogen) atoms. The van der Waals surface area contributed by atoms with E-state index in [1.807, 2.05) is 18.2 Å². The molecule has 2 aromatic carbocycles. The summed E-state index contributed by atoms with van der Waals surface area (Å²) < 4.78 is 20.1. The second kappa shape index (κ2) is 9.25. The van der Waals surface area contributed by atoms with Crippen molar-refractivity contribution in [2.45, 2.75) is 0 Å². The Morgan fingerprint density at radius 1 is 1.30 bits per heavy atom. The van der Waals surface area contributed by atoms with Crippen molar-refractivity contribution in [3.63, 3.8) is 0 Å². The van der Waals surface area contributed by atoms with E-state index in [1.165, 1.54) is 23.5 Å².